The Labute approximate surface area is 112 Å². The molecule has 1 fully saturated rings. The molecule has 0 radical (unpaired) electrons. The number of amides is 1. The van der Waals surface area contributed by atoms with Crippen molar-refractivity contribution in [2.24, 2.45) is 0 Å². The molecule has 1 amide bonds. The van der Waals surface area contributed by atoms with Crippen molar-refractivity contribution in [3.05, 3.63) is 23.8 Å². The summed E-state index contributed by atoms with van der Waals surface area (Å²) in [7, 11) is 1.80. The molecule has 3 rings (SSSR count). The van der Waals surface area contributed by atoms with Crippen LogP contribution in [0.2, 0.25) is 0 Å². The van der Waals surface area contributed by atoms with E-state index in [-0.39, 0.29) is 12.5 Å². The molecule has 0 aromatic heterocycles. The van der Waals surface area contributed by atoms with E-state index in [1.54, 1.807) is 11.9 Å². The second-order valence-electron chi connectivity index (χ2n) is 5.10. The van der Waals surface area contributed by atoms with Gasteiger partial charge in [-0.2, -0.15) is 0 Å². The highest BCUT2D eigenvalue weighted by Gasteiger charge is 2.23. The Balaban J connectivity index is 1.78. The Morgan fingerprint density at radius 3 is 3.11 bits per heavy atom. The standard InChI is InChI=1S/C14H19N3O2/c1-17-12-7-10(6-11-8-15-4-5-16-11)2-3-13(12)19-9-14(17)18/h2-3,7,11,15-16H,4-6,8-9H2,1H3. The monoisotopic (exact) mass is 261 g/mol. The average molecular weight is 261 g/mol. The zero-order chi connectivity index (χ0) is 13.2. The van der Waals surface area contributed by atoms with Crippen LogP contribution in [-0.2, 0) is 11.2 Å². The molecule has 2 N–H and O–H groups in total. The third kappa shape index (κ3) is 2.57. The van der Waals surface area contributed by atoms with Gasteiger partial charge in [0.2, 0.25) is 0 Å². The Morgan fingerprint density at radius 2 is 2.32 bits per heavy atom. The van der Waals surface area contributed by atoms with E-state index in [1.807, 2.05) is 6.07 Å². The molecule has 2 heterocycles. The van der Waals surface area contributed by atoms with Crippen LogP contribution in [0.15, 0.2) is 18.2 Å². The third-order valence-electron chi connectivity index (χ3n) is 3.72. The topological polar surface area (TPSA) is 53.6 Å². The van der Waals surface area contributed by atoms with Gasteiger partial charge in [0.15, 0.2) is 6.61 Å². The van der Waals surface area contributed by atoms with Gasteiger partial charge in [0, 0.05) is 32.7 Å². The highest BCUT2D eigenvalue weighted by molar-refractivity contribution is 5.97. The molecule has 1 atom stereocenters. The summed E-state index contributed by atoms with van der Waals surface area (Å²) in [5.74, 6) is 0.794. The summed E-state index contributed by atoms with van der Waals surface area (Å²) in [6.07, 6.45) is 0.961. The van der Waals surface area contributed by atoms with Gasteiger partial charge in [-0.25, -0.2) is 0 Å². The maximum absolute atomic E-state index is 11.6. The minimum absolute atomic E-state index is 0.00195. The molecule has 0 saturated carbocycles. The molecule has 19 heavy (non-hydrogen) atoms. The summed E-state index contributed by atoms with van der Waals surface area (Å²) in [5.41, 5.74) is 2.10. The SMILES string of the molecule is CN1C(=O)COc2ccc(CC3CNCCN3)cc21. The van der Waals surface area contributed by atoms with Crippen molar-refractivity contribution in [2.75, 3.05) is 38.2 Å². The molecule has 0 spiro atoms. The van der Waals surface area contributed by atoms with Crippen LogP contribution in [0.3, 0.4) is 0 Å². The number of benzene rings is 1. The summed E-state index contributed by atoms with van der Waals surface area (Å²) in [6.45, 7) is 3.17. The highest BCUT2D eigenvalue weighted by atomic mass is 16.5. The van der Waals surface area contributed by atoms with Crippen LogP contribution in [0.1, 0.15) is 5.56 Å². The number of rotatable bonds is 2. The van der Waals surface area contributed by atoms with Gasteiger partial charge < -0.3 is 20.3 Å². The van der Waals surface area contributed by atoms with E-state index >= 15 is 0 Å². The molecule has 102 valence electrons. The smallest absolute Gasteiger partial charge is 0.264 e. The number of nitrogens with zero attached hydrogens (tertiary/aromatic N) is 1. The summed E-state index contributed by atoms with van der Waals surface area (Å²) >= 11 is 0. The number of nitrogens with one attached hydrogen (secondary N) is 2. The summed E-state index contributed by atoms with van der Waals surface area (Å²) in [6, 6.07) is 6.56. The molecule has 1 unspecified atom stereocenters. The van der Waals surface area contributed by atoms with E-state index in [4.69, 9.17) is 4.74 Å². The fraction of sp³-hybridized carbons (Fsp3) is 0.500. The number of hydrogen-bond acceptors (Lipinski definition) is 4. The Kier molecular flexibility index (Phi) is 3.40. The first kappa shape index (κ1) is 12.4. The van der Waals surface area contributed by atoms with E-state index in [0.29, 0.717) is 6.04 Å². The fourth-order valence-electron chi connectivity index (χ4n) is 2.59. The molecule has 2 aliphatic rings. The van der Waals surface area contributed by atoms with E-state index in [2.05, 4.69) is 22.8 Å². The van der Waals surface area contributed by atoms with Crippen molar-refractivity contribution in [1.29, 1.82) is 0 Å². The van der Waals surface area contributed by atoms with Gasteiger partial charge in [0.25, 0.3) is 5.91 Å². The van der Waals surface area contributed by atoms with E-state index in [9.17, 15) is 4.79 Å². The minimum Gasteiger partial charge on any atom is -0.482 e. The average Bonchev–Trinajstić information content (AvgIpc) is 2.45. The lowest BCUT2D eigenvalue weighted by Gasteiger charge is -2.28. The largest absolute Gasteiger partial charge is 0.482 e. The number of piperazine rings is 1. The fourth-order valence-corrected chi connectivity index (χ4v) is 2.59. The number of carbonyl (C=O) groups is 1. The van der Waals surface area contributed by atoms with E-state index < -0.39 is 0 Å². The zero-order valence-corrected chi connectivity index (χ0v) is 11.1. The lowest BCUT2D eigenvalue weighted by molar-refractivity contribution is -0.120. The quantitative estimate of drug-likeness (QED) is 0.795. The van der Waals surface area contributed by atoms with Crippen LogP contribution >= 0.6 is 0 Å². The second-order valence-corrected chi connectivity index (χ2v) is 5.10. The number of ether oxygens (including phenoxy) is 1. The van der Waals surface area contributed by atoms with Gasteiger partial charge >= 0.3 is 0 Å². The van der Waals surface area contributed by atoms with Gasteiger partial charge in [-0.1, -0.05) is 6.07 Å². The lowest BCUT2D eigenvalue weighted by atomic mass is 10.0. The van der Waals surface area contributed by atoms with Crippen LogP contribution < -0.4 is 20.3 Å². The zero-order valence-electron chi connectivity index (χ0n) is 11.1. The molecule has 1 aromatic carbocycles. The normalized spacial score (nSPS) is 22.9. The van der Waals surface area contributed by atoms with Crippen molar-refractivity contribution >= 4 is 11.6 Å². The van der Waals surface area contributed by atoms with Gasteiger partial charge in [-0.3, -0.25) is 4.79 Å². The van der Waals surface area contributed by atoms with Gasteiger partial charge in [-0.15, -0.1) is 0 Å². The van der Waals surface area contributed by atoms with Crippen LogP contribution in [-0.4, -0.2) is 45.2 Å². The number of likely N-dealkylation sites (N-methyl/N-ethyl adjacent to an activating group) is 1. The van der Waals surface area contributed by atoms with Gasteiger partial charge in [-0.05, 0) is 24.1 Å². The molecular weight excluding hydrogens is 242 g/mol. The maximum Gasteiger partial charge on any atom is 0.264 e. The Morgan fingerprint density at radius 1 is 1.42 bits per heavy atom. The van der Waals surface area contributed by atoms with E-state index in [0.717, 1.165) is 37.5 Å². The van der Waals surface area contributed by atoms with Gasteiger partial charge in [0.1, 0.15) is 5.75 Å². The van der Waals surface area contributed by atoms with Crippen molar-refractivity contribution in [3.63, 3.8) is 0 Å². The van der Waals surface area contributed by atoms with Crippen molar-refractivity contribution in [3.8, 4) is 5.75 Å². The summed E-state index contributed by atoms with van der Waals surface area (Å²) < 4.78 is 5.43. The molecule has 2 aliphatic heterocycles. The predicted molar refractivity (Wildman–Crippen MR) is 73.7 cm³/mol. The lowest BCUT2D eigenvalue weighted by Crippen LogP contribution is -2.49. The molecule has 0 bridgehead atoms. The number of hydrogen-bond donors (Lipinski definition) is 2. The highest BCUT2D eigenvalue weighted by Crippen LogP contribution is 2.32. The first-order valence-corrected chi connectivity index (χ1v) is 6.70. The van der Waals surface area contributed by atoms with Crippen LogP contribution in [0.4, 0.5) is 5.69 Å². The Bertz CT molecular complexity index is 484. The number of anilines is 1. The molecule has 1 saturated heterocycles. The summed E-state index contributed by atoms with van der Waals surface area (Å²) in [4.78, 5) is 13.3. The van der Waals surface area contributed by atoms with Gasteiger partial charge in [0.05, 0.1) is 5.69 Å². The van der Waals surface area contributed by atoms with Crippen LogP contribution in [0, 0.1) is 0 Å². The van der Waals surface area contributed by atoms with Crippen LogP contribution in [0.5, 0.6) is 5.75 Å². The number of carbonyl (C=O) groups excluding carboxylic acids is 1. The first-order valence-electron chi connectivity index (χ1n) is 6.70. The van der Waals surface area contributed by atoms with Crippen molar-refractivity contribution < 1.29 is 9.53 Å². The third-order valence-corrected chi connectivity index (χ3v) is 3.72. The van der Waals surface area contributed by atoms with Crippen molar-refractivity contribution in [2.45, 2.75) is 12.5 Å². The molecule has 0 aliphatic carbocycles. The maximum atomic E-state index is 11.6. The first-order chi connectivity index (χ1) is 9.24. The minimum atomic E-state index is 0.00195. The Hall–Kier alpha value is -1.59. The molecule has 5 heteroatoms. The molecular formula is C14H19N3O2. The second kappa shape index (κ2) is 5.19. The molecule has 1 aromatic rings. The predicted octanol–water partition coefficient (Wildman–Crippen LogP) is 0.146. The van der Waals surface area contributed by atoms with Crippen LogP contribution in [0.25, 0.3) is 0 Å². The van der Waals surface area contributed by atoms with Crippen molar-refractivity contribution in [1.82, 2.24) is 10.6 Å². The molecule has 5 nitrogen and oxygen atoms in total. The summed E-state index contributed by atoms with van der Waals surface area (Å²) in [5, 5.41) is 6.87. The number of fused-ring (bicyclic) bond motifs is 1. The van der Waals surface area contributed by atoms with E-state index in [1.165, 1.54) is 5.56 Å².